The van der Waals surface area contributed by atoms with E-state index in [1.807, 2.05) is 19.1 Å². The smallest absolute Gasteiger partial charge is 0.140 e. The third-order valence-electron chi connectivity index (χ3n) is 2.75. The van der Waals surface area contributed by atoms with Crippen LogP contribution in [0.25, 0.3) is 11.4 Å². The minimum atomic E-state index is 0.283. The van der Waals surface area contributed by atoms with Crippen molar-refractivity contribution in [2.75, 3.05) is 0 Å². The van der Waals surface area contributed by atoms with Crippen LogP contribution >= 0.6 is 0 Å². The fraction of sp³-hybridized carbons (Fsp3) is 0.357. The van der Waals surface area contributed by atoms with Gasteiger partial charge in [0.15, 0.2) is 0 Å². The van der Waals surface area contributed by atoms with Crippen LogP contribution in [0.1, 0.15) is 25.5 Å². The molecule has 0 atom stereocenters. The van der Waals surface area contributed by atoms with Gasteiger partial charge in [-0.15, -0.1) is 0 Å². The molecule has 0 saturated carbocycles. The van der Waals surface area contributed by atoms with Gasteiger partial charge < -0.3 is 9.67 Å². The van der Waals surface area contributed by atoms with Gasteiger partial charge in [-0.05, 0) is 25.5 Å². The number of imidazole rings is 1. The van der Waals surface area contributed by atoms with Crippen molar-refractivity contribution in [3.05, 3.63) is 36.2 Å². The van der Waals surface area contributed by atoms with Gasteiger partial charge in [-0.25, -0.2) is 4.98 Å². The summed E-state index contributed by atoms with van der Waals surface area (Å²) in [6.45, 7) is 5.15. The van der Waals surface area contributed by atoms with Gasteiger partial charge in [-0.2, -0.15) is 0 Å². The van der Waals surface area contributed by atoms with Crippen LogP contribution in [-0.2, 0) is 6.54 Å². The quantitative estimate of drug-likeness (QED) is 0.874. The van der Waals surface area contributed by atoms with Crippen LogP contribution in [0.5, 0.6) is 5.75 Å². The number of aromatic hydroxyl groups is 1. The van der Waals surface area contributed by atoms with Gasteiger partial charge >= 0.3 is 0 Å². The van der Waals surface area contributed by atoms with Crippen molar-refractivity contribution in [2.45, 2.75) is 33.2 Å². The van der Waals surface area contributed by atoms with Crippen LogP contribution in [0, 0.1) is 6.92 Å². The molecule has 0 radical (unpaired) electrons. The molecule has 0 aliphatic carbocycles. The fourth-order valence-electron chi connectivity index (χ4n) is 1.92. The minimum absolute atomic E-state index is 0.283. The summed E-state index contributed by atoms with van der Waals surface area (Å²) in [5, 5.41) is 9.51. The molecule has 0 aliphatic rings. The molecule has 0 unspecified atom stereocenters. The van der Waals surface area contributed by atoms with E-state index in [1.165, 1.54) is 0 Å². The normalized spacial score (nSPS) is 10.7. The third kappa shape index (κ3) is 2.67. The lowest BCUT2D eigenvalue weighted by Crippen LogP contribution is -1.99. The van der Waals surface area contributed by atoms with Crippen LogP contribution in [0.2, 0.25) is 0 Å². The number of hydrogen-bond donors (Lipinski definition) is 1. The van der Waals surface area contributed by atoms with Gasteiger partial charge in [-0.1, -0.05) is 25.5 Å². The Morgan fingerprint density at radius 2 is 2.18 bits per heavy atom. The summed E-state index contributed by atoms with van der Waals surface area (Å²) < 4.78 is 2.16. The maximum Gasteiger partial charge on any atom is 0.140 e. The highest BCUT2D eigenvalue weighted by atomic mass is 16.3. The first-order chi connectivity index (χ1) is 8.20. The Labute approximate surface area is 102 Å². The summed E-state index contributed by atoms with van der Waals surface area (Å²) in [5.41, 5.74) is 1.98. The maximum atomic E-state index is 9.51. The molecule has 1 heterocycles. The summed E-state index contributed by atoms with van der Waals surface area (Å²) in [6, 6.07) is 7.25. The molecule has 0 saturated heterocycles. The van der Waals surface area contributed by atoms with Crippen molar-refractivity contribution in [3.63, 3.8) is 0 Å². The predicted octanol–water partition coefficient (Wildman–Crippen LogP) is 3.36. The van der Waals surface area contributed by atoms with Crippen LogP contribution in [0.3, 0.4) is 0 Å². The Balaban J connectivity index is 2.37. The molecule has 2 aromatic rings. The van der Waals surface area contributed by atoms with Gasteiger partial charge in [0.05, 0.1) is 5.69 Å². The van der Waals surface area contributed by atoms with E-state index in [0.29, 0.717) is 0 Å². The predicted molar refractivity (Wildman–Crippen MR) is 69.0 cm³/mol. The number of phenolic OH excluding ortho intramolecular Hbond substituents is 1. The second kappa shape index (κ2) is 5.04. The van der Waals surface area contributed by atoms with Crippen LogP contribution < -0.4 is 0 Å². The Kier molecular flexibility index (Phi) is 3.47. The summed E-state index contributed by atoms with van der Waals surface area (Å²) in [7, 11) is 0. The summed E-state index contributed by atoms with van der Waals surface area (Å²) in [6.07, 6.45) is 4.37. The number of benzene rings is 1. The van der Waals surface area contributed by atoms with E-state index in [4.69, 9.17) is 0 Å². The van der Waals surface area contributed by atoms with E-state index in [9.17, 15) is 5.11 Å². The van der Waals surface area contributed by atoms with Gasteiger partial charge in [0, 0.05) is 18.3 Å². The van der Waals surface area contributed by atoms with Crippen molar-refractivity contribution < 1.29 is 5.11 Å². The van der Waals surface area contributed by atoms with Gasteiger partial charge in [0.2, 0.25) is 0 Å². The molecule has 1 aromatic heterocycles. The van der Waals surface area contributed by atoms with E-state index in [2.05, 4.69) is 22.7 Å². The highest BCUT2D eigenvalue weighted by molar-refractivity contribution is 5.58. The summed E-state index contributed by atoms with van der Waals surface area (Å²) in [4.78, 5) is 4.53. The number of nitrogens with zero attached hydrogens (tertiary/aromatic N) is 2. The van der Waals surface area contributed by atoms with Crippen molar-refractivity contribution in [1.82, 2.24) is 9.55 Å². The molecule has 17 heavy (non-hydrogen) atoms. The molecule has 0 spiro atoms. The first kappa shape index (κ1) is 11.7. The van der Waals surface area contributed by atoms with Crippen molar-refractivity contribution in [3.8, 4) is 17.1 Å². The average Bonchev–Trinajstić information content (AvgIpc) is 2.68. The lowest BCUT2D eigenvalue weighted by Gasteiger charge is -2.07. The minimum Gasteiger partial charge on any atom is -0.508 e. The Bertz CT molecular complexity index is 503. The number of aryl methyl sites for hydroxylation is 2. The molecular weight excluding hydrogens is 212 g/mol. The second-order valence-electron chi connectivity index (χ2n) is 4.30. The van der Waals surface area contributed by atoms with Gasteiger partial charge in [0.1, 0.15) is 11.6 Å². The lowest BCUT2D eigenvalue weighted by atomic mass is 10.2. The standard InChI is InChI=1S/C14H18N2O/c1-3-4-8-16-10-11(2)15-14(16)12-6-5-7-13(17)9-12/h5-7,9-10,17H,3-4,8H2,1-2H3. The maximum absolute atomic E-state index is 9.51. The first-order valence-corrected chi connectivity index (χ1v) is 6.04. The fourth-order valence-corrected chi connectivity index (χ4v) is 1.92. The molecule has 3 nitrogen and oxygen atoms in total. The van der Waals surface area contributed by atoms with Crippen LogP contribution in [0.4, 0.5) is 0 Å². The largest absolute Gasteiger partial charge is 0.508 e. The molecular formula is C14H18N2O. The number of unbranched alkanes of at least 4 members (excludes halogenated alkanes) is 1. The molecule has 0 amide bonds. The van der Waals surface area contributed by atoms with Gasteiger partial charge in [0.25, 0.3) is 0 Å². The van der Waals surface area contributed by atoms with E-state index in [-0.39, 0.29) is 5.75 Å². The Hall–Kier alpha value is -1.77. The van der Waals surface area contributed by atoms with Crippen molar-refractivity contribution >= 4 is 0 Å². The third-order valence-corrected chi connectivity index (χ3v) is 2.75. The molecule has 3 heteroatoms. The molecule has 90 valence electrons. The highest BCUT2D eigenvalue weighted by Crippen LogP contribution is 2.23. The molecule has 2 rings (SSSR count). The van der Waals surface area contributed by atoms with E-state index < -0.39 is 0 Å². The van der Waals surface area contributed by atoms with E-state index in [1.54, 1.807) is 12.1 Å². The highest BCUT2D eigenvalue weighted by Gasteiger charge is 2.08. The van der Waals surface area contributed by atoms with E-state index >= 15 is 0 Å². The van der Waals surface area contributed by atoms with Crippen LogP contribution in [-0.4, -0.2) is 14.7 Å². The zero-order valence-corrected chi connectivity index (χ0v) is 10.3. The van der Waals surface area contributed by atoms with Crippen molar-refractivity contribution in [1.29, 1.82) is 0 Å². The van der Waals surface area contributed by atoms with Crippen molar-refractivity contribution in [2.24, 2.45) is 0 Å². The number of aromatic nitrogens is 2. The molecule has 0 fully saturated rings. The number of phenols is 1. The molecule has 1 N–H and O–H groups in total. The number of hydrogen-bond acceptors (Lipinski definition) is 2. The average molecular weight is 230 g/mol. The second-order valence-corrected chi connectivity index (χ2v) is 4.30. The topological polar surface area (TPSA) is 38.0 Å². The van der Waals surface area contributed by atoms with E-state index in [0.717, 1.165) is 36.5 Å². The zero-order valence-electron chi connectivity index (χ0n) is 10.3. The van der Waals surface area contributed by atoms with Gasteiger partial charge in [-0.3, -0.25) is 0 Å². The summed E-state index contributed by atoms with van der Waals surface area (Å²) >= 11 is 0. The monoisotopic (exact) mass is 230 g/mol. The Morgan fingerprint density at radius 1 is 1.35 bits per heavy atom. The van der Waals surface area contributed by atoms with Crippen LogP contribution in [0.15, 0.2) is 30.5 Å². The zero-order chi connectivity index (χ0) is 12.3. The molecule has 0 aliphatic heterocycles. The lowest BCUT2D eigenvalue weighted by molar-refractivity contribution is 0.475. The SMILES string of the molecule is CCCCn1cc(C)nc1-c1cccc(O)c1. The molecule has 1 aromatic carbocycles. The first-order valence-electron chi connectivity index (χ1n) is 6.04. The molecule has 0 bridgehead atoms. The summed E-state index contributed by atoms with van der Waals surface area (Å²) in [5.74, 6) is 1.22. The Morgan fingerprint density at radius 3 is 2.88 bits per heavy atom. The number of rotatable bonds is 4.